The molecule has 6 nitrogen and oxygen atoms in total. The van der Waals surface area contributed by atoms with Crippen molar-refractivity contribution in [2.75, 3.05) is 26.2 Å². The van der Waals surface area contributed by atoms with Crippen LogP contribution >= 0.6 is 23.2 Å². The average Bonchev–Trinajstić information content (AvgIpc) is 3.25. The molecule has 1 aliphatic carbocycles. The molecule has 0 spiro atoms. The van der Waals surface area contributed by atoms with E-state index >= 15 is 0 Å². The predicted octanol–water partition coefficient (Wildman–Crippen LogP) is 7.02. The van der Waals surface area contributed by atoms with E-state index < -0.39 is 0 Å². The van der Waals surface area contributed by atoms with Crippen molar-refractivity contribution in [1.82, 2.24) is 14.7 Å². The number of aromatic nitrogens is 2. The maximum absolute atomic E-state index is 12.0. The van der Waals surface area contributed by atoms with Gasteiger partial charge < -0.3 is 9.47 Å². The highest BCUT2D eigenvalue weighted by atomic mass is 35.5. The largest absolute Gasteiger partial charge is 0.489 e. The van der Waals surface area contributed by atoms with Crippen LogP contribution in [0, 0.1) is 5.92 Å². The van der Waals surface area contributed by atoms with E-state index in [0.717, 1.165) is 78.1 Å². The summed E-state index contributed by atoms with van der Waals surface area (Å²) >= 11 is 13.3. The van der Waals surface area contributed by atoms with Crippen molar-refractivity contribution in [3.05, 3.63) is 63.8 Å². The number of ether oxygens (including phenoxy) is 2. The van der Waals surface area contributed by atoms with E-state index in [-0.39, 0.29) is 17.9 Å². The normalized spacial score (nSPS) is 16.8. The van der Waals surface area contributed by atoms with E-state index in [1.54, 1.807) is 0 Å². The van der Waals surface area contributed by atoms with Gasteiger partial charge in [0.2, 0.25) is 0 Å². The van der Waals surface area contributed by atoms with Crippen molar-refractivity contribution in [1.29, 1.82) is 0 Å². The zero-order valence-electron chi connectivity index (χ0n) is 22.3. The van der Waals surface area contributed by atoms with Crippen LogP contribution in [0.1, 0.15) is 62.8 Å². The molecule has 202 valence electrons. The van der Waals surface area contributed by atoms with Crippen LogP contribution in [0.2, 0.25) is 5.15 Å². The van der Waals surface area contributed by atoms with Crippen molar-refractivity contribution in [3.8, 4) is 5.75 Å². The van der Waals surface area contributed by atoms with Gasteiger partial charge >= 0.3 is 5.97 Å². The van der Waals surface area contributed by atoms with Crippen molar-refractivity contribution >= 4 is 45.1 Å². The minimum absolute atomic E-state index is 0.0257. The second kappa shape index (κ2) is 11.7. The van der Waals surface area contributed by atoms with Crippen LogP contribution in [-0.2, 0) is 22.6 Å². The van der Waals surface area contributed by atoms with E-state index in [1.165, 1.54) is 11.1 Å². The topological polar surface area (TPSA) is 56.6 Å². The lowest BCUT2D eigenvalue weighted by Gasteiger charge is -2.32. The summed E-state index contributed by atoms with van der Waals surface area (Å²) in [6.07, 6.45) is 3.57. The number of carbonyl (C=O) groups excluding carboxylic acids is 1. The third-order valence-electron chi connectivity index (χ3n) is 7.56. The van der Waals surface area contributed by atoms with Crippen LogP contribution in [0.15, 0.2) is 42.0 Å². The average molecular weight is 557 g/mol. The number of piperidine rings is 1. The lowest BCUT2D eigenvalue weighted by atomic mass is 9.90. The Labute approximate surface area is 234 Å². The third-order valence-corrected chi connectivity index (χ3v) is 8.31. The first-order chi connectivity index (χ1) is 18.3. The first-order valence-corrected chi connectivity index (χ1v) is 14.3. The Morgan fingerprint density at radius 3 is 2.63 bits per heavy atom. The summed E-state index contributed by atoms with van der Waals surface area (Å²) < 4.78 is 13.3. The summed E-state index contributed by atoms with van der Waals surface area (Å²) in [7, 11) is 0. The Morgan fingerprint density at radius 2 is 1.89 bits per heavy atom. The van der Waals surface area contributed by atoms with Gasteiger partial charge in [-0.1, -0.05) is 29.3 Å². The van der Waals surface area contributed by atoms with Gasteiger partial charge in [-0.3, -0.25) is 14.4 Å². The molecule has 1 fully saturated rings. The number of hydrogen-bond acceptors (Lipinski definition) is 5. The number of aryl methyl sites for hydroxylation is 1. The number of hydrogen-bond donors (Lipinski definition) is 0. The summed E-state index contributed by atoms with van der Waals surface area (Å²) in [5.74, 6) is 0.806. The Morgan fingerprint density at radius 1 is 1.11 bits per heavy atom. The molecule has 1 saturated heterocycles. The van der Waals surface area contributed by atoms with Crippen molar-refractivity contribution in [2.45, 2.75) is 59.1 Å². The molecule has 38 heavy (non-hydrogen) atoms. The number of carbonyl (C=O) groups is 1. The number of benzene rings is 2. The summed E-state index contributed by atoms with van der Waals surface area (Å²) in [5.41, 5.74) is 5.66. The summed E-state index contributed by atoms with van der Waals surface area (Å²) in [4.78, 5) is 14.4. The molecule has 0 N–H and O–H groups in total. The monoisotopic (exact) mass is 555 g/mol. The molecule has 1 aliphatic heterocycles. The minimum Gasteiger partial charge on any atom is -0.489 e. The number of esters is 1. The zero-order chi connectivity index (χ0) is 26.8. The summed E-state index contributed by atoms with van der Waals surface area (Å²) in [6, 6.07) is 12.6. The zero-order valence-corrected chi connectivity index (χ0v) is 23.8. The van der Waals surface area contributed by atoms with Crippen LogP contribution in [0.25, 0.3) is 15.9 Å². The molecule has 2 aliphatic rings. The van der Waals surface area contributed by atoms with E-state index in [0.29, 0.717) is 18.4 Å². The maximum atomic E-state index is 12.0. The van der Waals surface area contributed by atoms with Gasteiger partial charge in [0.1, 0.15) is 12.4 Å². The van der Waals surface area contributed by atoms with E-state index in [1.807, 2.05) is 17.7 Å². The minimum atomic E-state index is -0.0550. The standard InChI is InChI=1S/C30H35Cl2N3O3/c1-4-37-30(36)21-11-13-34(14-12-21)17-23-7-6-22-16-24(8-9-25(22)28(23)31)38-18-20-5-10-27-26(15-20)29(32)33-35(27)19(2)3/h5,8-10,15-16,19,21H,4,6-7,11-14,17-18H2,1-3H3. The predicted molar refractivity (Wildman–Crippen MR) is 153 cm³/mol. The highest BCUT2D eigenvalue weighted by Gasteiger charge is 2.27. The van der Waals surface area contributed by atoms with Crippen LogP contribution in [0.5, 0.6) is 5.75 Å². The molecule has 8 heteroatoms. The van der Waals surface area contributed by atoms with Gasteiger partial charge in [0.05, 0.1) is 18.0 Å². The molecular weight excluding hydrogens is 521 g/mol. The molecule has 0 saturated carbocycles. The van der Waals surface area contributed by atoms with Gasteiger partial charge in [0, 0.05) is 23.0 Å². The Bertz CT molecular complexity index is 1360. The van der Waals surface area contributed by atoms with Crippen LogP contribution in [0.3, 0.4) is 0 Å². The molecule has 0 amide bonds. The smallest absolute Gasteiger partial charge is 0.309 e. The second-order valence-electron chi connectivity index (χ2n) is 10.5. The fraction of sp³-hybridized carbons (Fsp3) is 0.467. The van der Waals surface area contributed by atoms with Gasteiger partial charge in [-0.05, 0) is 112 Å². The van der Waals surface area contributed by atoms with E-state index in [2.05, 4.69) is 54.2 Å². The molecule has 3 aromatic rings. The molecule has 0 bridgehead atoms. The molecule has 5 rings (SSSR count). The number of halogens is 2. The molecule has 1 aromatic heterocycles. The fourth-order valence-corrected chi connectivity index (χ4v) is 6.04. The van der Waals surface area contributed by atoms with E-state index in [9.17, 15) is 4.79 Å². The lowest BCUT2D eigenvalue weighted by molar-refractivity contribution is -0.149. The molecule has 2 aromatic carbocycles. The van der Waals surface area contributed by atoms with Gasteiger partial charge in [0.25, 0.3) is 0 Å². The molecule has 0 radical (unpaired) electrons. The van der Waals surface area contributed by atoms with Crippen LogP contribution in [-0.4, -0.2) is 46.9 Å². The van der Waals surface area contributed by atoms with E-state index in [4.69, 9.17) is 32.7 Å². The van der Waals surface area contributed by atoms with Crippen molar-refractivity contribution in [3.63, 3.8) is 0 Å². The number of likely N-dealkylation sites (tertiary alicyclic amines) is 1. The quantitative estimate of drug-likeness (QED) is 0.279. The molecule has 0 atom stereocenters. The molecule has 2 heterocycles. The summed E-state index contributed by atoms with van der Waals surface area (Å²) in [6.45, 7) is 9.59. The van der Waals surface area contributed by atoms with Crippen LogP contribution < -0.4 is 4.74 Å². The number of fused-ring (bicyclic) bond motifs is 2. The third kappa shape index (κ3) is 5.73. The highest BCUT2D eigenvalue weighted by molar-refractivity contribution is 6.49. The molecule has 0 unspecified atom stereocenters. The SMILES string of the molecule is CCOC(=O)C1CCN(CC2=C(Cl)c3ccc(OCc4ccc5c(c4)c(Cl)nn5C(C)C)cc3CC2)CC1. The Balaban J connectivity index is 1.21. The maximum Gasteiger partial charge on any atom is 0.309 e. The van der Waals surface area contributed by atoms with Gasteiger partial charge in [-0.2, -0.15) is 5.10 Å². The summed E-state index contributed by atoms with van der Waals surface area (Å²) in [5, 5.41) is 6.79. The Kier molecular flexibility index (Phi) is 8.32. The van der Waals surface area contributed by atoms with Crippen molar-refractivity contribution < 1.29 is 14.3 Å². The first-order valence-electron chi connectivity index (χ1n) is 13.5. The molecular formula is C30H35Cl2N3O3. The van der Waals surface area contributed by atoms with Gasteiger partial charge in [-0.15, -0.1) is 0 Å². The van der Waals surface area contributed by atoms with Crippen molar-refractivity contribution in [2.24, 2.45) is 5.92 Å². The highest BCUT2D eigenvalue weighted by Crippen LogP contribution is 2.37. The van der Waals surface area contributed by atoms with Gasteiger partial charge in [-0.25, -0.2) is 0 Å². The fourth-order valence-electron chi connectivity index (χ4n) is 5.47. The van der Waals surface area contributed by atoms with Gasteiger partial charge in [0.15, 0.2) is 5.15 Å². The Hall–Kier alpha value is -2.54. The first kappa shape index (κ1) is 27.0. The number of nitrogens with zero attached hydrogens (tertiary/aromatic N) is 3. The number of rotatable bonds is 8. The lowest BCUT2D eigenvalue weighted by Crippen LogP contribution is -2.38. The van der Waals surface area contributed by atoms with Crippen LogP contribution in [0.4, 0.5) is 0 Å². The second-order valence-corrected chi connectivity index (χ2v) is 11.2.